The Balaban J connectivity index is 2.24. The molecule has 0 radical (unpaired) electrons. The molecule has 4 heteroatoms. The van der Waals surface area contributed by atoms with Crippen molar-refractivity contribution in [2.45, 2.75) is 26.4 Å². The molecule has 0 aliphatic carbocycles. The molecule has 1 fully saturated rings. The van der Waals surface area contributed by atoms with Gasteiger partial charge in [0.05, 0.1) is 0 Å². The first-order chi connectivity index (χ1) is 8.11. The fourth-order valence-corrected chi connectivity index (χ4v) is 2.29. The molecular formula is C13H22N4. The Morgan fingerprint density at radius 3 is 2.88 bits per heavy atom. The van der Waals surface area contributed by atoms with Gasteiger partial charge >= 0.3 is 0 Å². The van der Waals surface area contributed by atoms with E-state index in [9.17, 15) is 0 Å². The van der Waals surface area contributed by atoms with Crippen molar-refractivity contribution in [2.75, 3.05) is 31.6 Å². The molecule has 2 heterocycles. The van der Waals surface area contributed by atoms with Gasteiger partial charge in [-0.25, -0.2) is 0 Å². The van der Waals surface area contributed by atoms with Crippen LogP contribution in [0.4, 0.5) is 5.69 Å². The summed E-state index contributed by atoms with van der Waals surface area (Å²) in [4.78, 5) is 9.15. The Kier molecular flexibility index (Phi) is 3.64. The number of aryl methyl sites for hydroxylation is 1. The van der Waals surface area contributed by atoms with Gasteiger partial charge in [-0.05, 0) is 27.0 Å². The van der Waals surface area contributed by atoms with Crippen LogP contribution in [0.3, 0.4) is 0 Å². The largest absolute Gasteiger partial charge is 0.368 e. The number of piperazine rings is 1. The smallest absolute Gasteiger partial charge is 0.0446 e. The van der Waals surface area contributed by atoms with Crippen LogP contribution in [0.15, 0.2) is 12.3 Å². The van der Waals surface area contributed by atoms with Crippen LogP contribution in [-0.2, 0) is 6.54 Å². The standard InChI is InChI=1S/C13H22N4/c1-10-6-13(12(7-14)8-15-10)17-5-4-16(3)11(2)9-17/h6,8,11H,4-5,7,9,14H2,1-3H3. The lowest BCUT2D eigenvalue weighted by molar-refractivity contribution is 0.234. The second kappa shape index (κ2) is 5.02. The molecule has 1 aromatic rings. The van der Waals surface area contributed by atoms with Crippen LogP contribution in [0.1, 0.15) is 18.2 Å². The van der Waals surface area contributed by atoms with E-state index in [0.717, 1.165) is 30.9 Å². The predicted molar refractivity (Wildman–Crippen MR) is 71.2 cm³/mol. The highest BCUT2D eigenvalue weighted by atomic mass is 15.3. The Labute approximate surface area is 103 Å². The number of anilines is 1. The first kappa shape index (κ1) is 12.3. The average molecular weight is 234 g/mol. The van der Waals surface area contributed by atoms with Gasteiger partial charge in [0.1, 0.15) is 0 Å². The fourth-order valence-electron chi connectivity index (χ4n) is 2.29. The summed E-state index contributed by atoms with van der Waals surface area (Å²) >= 11 is 0. The third kappa shape index (κ3) is 2.58. The molecule has 1 saturated heterocycles. The highest BCUT2D eigenvalue weighted by molar-refractivity contribution is 5.54. The zero-order valence-electron chi connectivity index (χ0n) is 11.0. The molecule has 0 bridgehead atoms. The molecule has 1 aliphatic heterocycles. The minimum Gasteiger partial charge on any atom is -0.368 e. The molecule has 0 saturated carbocycles. The van der Waals surface area contributed by atoms with E-state index in [1.807, 2.05) is 13.1 Å². The molecule has 4 nitrogen and oxygen atoms in total. The molecule has 1 unspecified atom stereocenters. The second-order valence-corrected chi connectivity index (χ2v) is 4.93. The van der Waals surface area contributed by atoms with Crippen molar-refractivity contribution < 1.29 is 0 Å². The molecule has 1 aliphatic rings. The third-order valence-electron chi connectivity index (χ3n) is 3.62. The molecule has 17 heavy (non-hydrogen) atoms. The summed E-state index contributed by atoms with van der Waals surface area (Å²) in [6.07, 6.45) is 1.91. The maximum Gasteiger partial charge on any atom is 0.0446 e. The van der Waals surface area contributed by atoms with Gasteiger partial charge in [-0.15, -0.1) is 0 Å². The van der Waals surface area contributed by atoms with Crippen molar-refractivity contribution in [1.82, 2.24) is 9.88 Å². The van der Waals surface area contributed by atoms with E-state index in [1.165, 1.54) is 5.69 Å². The van der Waals surface area contributed by atoms with E-state index in [4.69, 9.17) is 5.73 Å². The zero-order valence-corrected chi connectivity index (χ0v) is 11.0. The Bertz CT molecular complexity index is 391. The molecule has 1 atom stereocenters. The summed E-state index contributed by atoms with van der Waals surface area (Å²) in [7, 11) is 2.18. The van der Waals surface area contributed by atoms with Gasteiger partial charge in [0.25, 0.3) is 0 Å². The van der Waals surface area contributed by atoms with Crippen molar-refractivity contribution in [2.24, 2.45) is 5.73 Å². The number of pyridine rings is 1. The SMILES string of the molecule is Cc1cc(N2CCN(C)C(C)C2)c(CN)cn1. The van der Waals surface area contributed by atoms with Crippen LogP contribution in [0.2, 0.25) is 0 Å². The van der Waals surface area contributed by atoms with Gasteiger partial charge in [0, 0.05) is 55.4 Å². The molecule has 0 spiro atoms. The maximum absolute atomic E-state index is 5.79. The number of hydrogen-bond acceptors (Lipinski definition) is 4. The summed E-state index contributed by atoms with van der Waals surface area (Å²) < 4.78 is 0. The summed E-state index contributed by atoms with van der Waals surface area (Å²) in [6, 6.07) is 2.74. The van der Waals surface area contributed by atoms with Crippen molar-refractivity contribution in [3.63, 3.8) is 0 Å². The van der Waals surface area contributed by atoms with E-state index in [-0.39, 0.29) is 0 Å². The van der Waals surface area contributed by atoms with Gasteiger partial charge < -0.3 is 15.5 Å². The fraction of sp³-hybridized carbons (Fsp3) is 0.615. The molecule has 2 N–H and O–H groups in total. The Hall–Kier alpha value is -1.13. The Morgan fingerprint density at radius 2 is 2.24 bits per heavy atom. The van der Waals surface area contributed by atoms with Crippen LogP contribution in [0.5, 0.6) is 0 Å². The summed E-state index contributed by atoms with van der Waals surface area (Å²) in [5.74, 6) is 0. The number of likely N-dealkylation sites (N-methyl/N-ethyl adjacent to an activating group) is 1. The van der Waals surface area contributed by atoms with Crippen LogP contribution in [-0.4, -0.2) is 42.6 Å². The summed E-state index contributed by atoms with van der Waals surface area (Å²) in [5.41, 5.74) is 9.26. The molecule has 1 aromatic heterocycles. The van der Waals surface area contributed by atoms with Crippen molar-refractivity contribution in [3.05, 3.63) is 23.5 Å². The van der Waals surface area contributed by atoms with Crippen LogP contribution >= 0.6 is 0 Å². The van der Waals surface area contributed by atoms with E-state index in [1.54, 1.807) is 0 Å². The second-order valence-electron chi connectivity index (χ2n) is 4.93. The molecular weight excluding hydrogens is 212 g/mol. The normalized spacial score (nSPS) is 21.9. The number of rotatable bonds is 2. The lowest BCUT2D eigenvalue weighted by Crippen LogP contribution is -2.50. The highest BCUT2D eigenvalue weighted by Gasteiger charge is 2.22. The monoisotopic (exact) mass is 234 g/mol. The lowest BCUT2D eigenvalue weighted by Gasteiger charge is -2.39. The van der Waals surface area contributed by atoms with E-state index in [2.05, 4.69) is 34.8 Å². The van der Waals surface area contributed by atoms with Gasteiger partial charge in [0.15, 0.2) is 0 Å². The molecule has 0 aromatic carbocycles. The van der Waals surface area contributed by atoms with Gasteiger partial charge in [-0.1, -0.05) is 0 Å². The number of aromatic nitrogens is 1. The molecule has 94 valence electrons. The van der Waals surface area contributed by atoms with Gasteiger partial charge in [0.2, 0.25) is 0 Å². The summed E-state index contributed by atoms with van der Waals surface area (Å²) in [5, 5.41) is 0. The third-order valence-corrected chi connectivity index (χ3v) is 3.62. The number of nitrogens with two attached hydrogens (primary N) is 1. The van der Waals surface area contributed by atoms with E-state index >= 15 is 0 Å². The minimum absolute atomic E-state index is 0.559. The van der Waals surface area contributed by atoms with Crippen LogP contribution < -0.4 is 10.6 Å². The lowest BCUT2D eigenvalue weighted by atomic mass is 10.1. The highest BCUT2D eigenvalue weighted by Crippen LogP contribution is 2.23. The van der Waals surface area contributed by atoms with Crippen molar-refractivity contribution in [1.29, 1.82) is 0 Å². The quantitative estimate of drug-likeness (QED) is 0.829. The molecule has 0 amide bonds. The topological polar surface area (TPSA) is 45.4 Å². The number of hydrogen-bond donors (Lipinski definition) is 1. The van der Waals surface area contributed by atoms with Gasteiger partial charge in [-0.3, -0.25) is 4.98 Å². The summed E-state index contributed by atoms with van der Waals surface area (Å²) in [6.45, 7) is 8.09. The predicted octanol–water partition coefficient (Wildman–Crippen LogP) is 0.989. The number of nitrogens with zero attached hydrogens (tertiary/aromatic N) is 3. The van der Waals surface area contributed by atoms with Crippen LogP contribution in [0, 0.1) is 6.92 Å². The van der Waals surface area contributed by atoms with Crippen molar-refractivity contribution >= 4 is 5.69 Å². The van der Waals surface area contributed by atoms with Crippen LogP contribution in [0.25, 0.3) is 0 Å². The Morgan fingerprint density at radius 1 is 1.47 bits per heavy atom. The minimum atomic E-state index is 0.559. The van der Waals surface area contributed by atoms with Crippen molar-refractivity contribution in [3.8, 4) is 0 Å². The van der Waals surface area contributed by atoms with Gasteiger partial charge in [-0.2, -0.15) is 0 Å². The van der Waals surface area contributed by atoms with E-state index in [0.29, 0.717) is 12.6 Å². The van der Waals surface area contributed by atoms with E-state index < -0.39 is 0 Å². The first-order valence-electron chi connectivity index (χ1n) is 6.22. The average Bonchev–Trinajstić information content (AvgIpc) is 2.32. The molecule has 2 rings (SSSR count). The maximum atomic E-state index is 5.79. The first-order valence-corrected chi connectivity index (χ1v) is 6.22. The zero-order chi connectivity index (χ0) is 12.4.